The Kier molecular flexibility index (Phi) is 4.22. The summed E-state index contributed by atoms with van der Waals surface area (Å²) in [6, 6.07) is 8.22. The Morgan fingerprint density at radius 2 is 1.61 bits per heavy atom. The molecule has 6 rings (SSSR count). The van der Waals surface area contributed by atoms with Gasteiger partial charge in [0.2, 0.25) is 0 Å². The first-order chi connectivity index (χ1) is 16.0. The largest absolute Gasteiger partial charge is 0.496 e. The molecule has 33 heavy (non-hydrogen) atoms. The Bertz CT molecular complexity index is 1220. The minimum Gasteiger partial charge on any atom is -0.496 e. The van der Waals surface area contributed by atoms with Gasteiger partial charge < -0.3 is 23.8 Å². The van der Waals surface area contributed by atoms with Crippen LogP contribution in [0.5, 0.6) is 23.0 Å². The van der Waals surface area contributed by atoms with Crippen LogP contribution in [0.2, 0.25) is 0 Å². The average molecular weight is 448 g/mol. The number of benzene rings is 2. The van der Waals surface area contributed by atoms with Crippen LogP contribution in [0.15, 0.2) is 36.4 Å². The van der Waals surface area contributed by atoms with E-state index in [1.807, 2.05) is 18.2 Å². The van der Waals surface area contributed by atoms with E-state index in [-0.39, 0.29) is 17.7 Å². The number of carbonyl (C=O) groups is 1. The fraction of sp³-hybridized carbons (Fsp3) is 0.444. The number of allylic oxidation sites excluding steroid dienone is 1. The number of ketones is 1. The van der Waals surface area contributed by atoms with Crippen LogP contribution in [-0.2, 0) is 22.0 Å². The Balaban J connectivity index is 1.82. The number of likely N-dealkylation sites (tertiary alicyclic amines) is 1. The molecule has 2 aromatic rings. The van der Waals surface area contributed by atoms with Crippen molar-refractivity contribution in [1.29, 1.82) is 0 Å². The van der Waals surface area contributed by atoms with Gasteiger partial charge in [0, 0.05) is 33.6 Å². The molecule has 0 N–H and O–H groups in total. The lowest BCUT2D eigenvalue weighted by atomic mass is 9.44. The molecule has 2 aromatic carbocycles. The molecule has 0 amide bonds. The molecule has 1 fully saturated rings. The molecule has 0 radical (unpaired) electrons. The third-order valence-corrected chi connectivity index (χ3v) is 8.74. The molecule has 1 heterocycles. The maximum atomic E-state index is 13.8. The van der Waals surface area contributed by atoms with Crippen molar-refractivity contribution in [2.24, 2.45) is 0 Å². The zero-order valence-electron chi connectivity index (χ0n) is 19.7. The Hall–Kier alpha value is -2.99. The topological polar surface area (TPSA) is 57.2 Å². The van der Waals surface area contributed by atoms with Gasteiger partial charge in [0.15, 0.2) is 17.3 Å². The number of rotatable bonds is 4. The zero-order valence-corrected chi connectivity index (χ0v) is 19.7. The second-order valence-corrected chi connectivity index (χ2v) is 9.55. The molecule has 0 saturated carbocycles. The molecule has 172 valence electrons. The summed E-state index contributed by atoms with van der Waals surface area (Å²) in [4.78, 5) is 16.3. The van der Waals surface area contributed by atoms with Crippen molar-refractivity contribution in [3.05, 3.63) is 58.7 Å². The van der Waals surface area contributed by atoms with E-state index in [1.54, 1.807) is 34.5 Å². The normalized spacial score (nSPS) is 30.9. The summed E-state index contributed by atoms with van der Waals surface area (Å²) in [5.74, 6) is 2.72. The van der Waals surface area contributed by atoms with Gasteiger partial charge in [-0.15, -0.1) is 0 Å². The highest BCUT2D eigenvalue weighted by Crippen LogP contribution is 2.74. The summed E-state index contributed by atoms with van der Waals surface area (Å²) >= 11 is 0. The molecule has 1 saturated heterocycles. The van der Waals surface area contributed by atoms with E-state index >= 15 is 0 Å². The van der Waals surface area contributed by atoms with E-state index in [4.69, 9.17) is 18.9 Å². The maximum absolute atomic E-state index is 13.8. The van der Waals surface area contributed by atoms with Gasteiger partial charge in [0.1, 0.15) is 11.5 Å². The molecule has 4 bridgehead atoms. The molecule has 0 spiro atoms. The van der Waals surface area contributed by atoms with Crippen molar-refractivity contribution in [1.82, 2.24) is 4.90 Å². The molecule has 3 aliphatic carbocycles. The van der Waals surface area contributed by atoms with Crippen molar-refractivity contribution in [2.45, 2.75) is 35.6 Å². The second kappa shape index (κ2) is 6.76. The SMILES string of the molecule is COc1ccc2c(c1OC)[C@@]13CCN(C)[C@H](C2)[C@@]12C=CC(=O)[C@@H]3c1c(OC)ccc(OC)c12. The summed E-state index contributed by atoms with van der Waals surface area (Å²) in [6.07, 6.45) is 5.63. The smallest absolute Gasteiger partial charge is 0.164 e. The van der Waals surface area contributed by atoms with Crippen LogP contribution in [0.3, 0.4) is 0 Å². The van der Waals surface area contributed by atoms with Gasteiger partial charge in [-0.3, -0.25) is 4.79 Å². The first-order valence-electron chi connectivity index (χ1n) is 11.4. The number of likely N-dealkylation sites (N-methyl/N-ethyl adjacent to an activating group) is 1. The minimum atomic E-state index is -0.506. The van der Waals surface area contributed by atoms with Crippen molar-refractivity contribution in [3.8, 4) is 23.0 Å². The van der Waals surface area contributed by atoms with Gasteiger partial charge in [-0.05, 0) is 56.3 Å². The molecule has 1 aliphatic heterocycles. The van der Waals surface area contributed by atoms with E-state index in [2.05, 4.69) is 24.1 Å². The van der Waals surface area contributed by atoms with E-state index < -0.39 is 10.8 Å². The highest BCUT2D eigenvalue weighted by atomic mass is 16.5. The summed E-state index contributed by atoms with van der Waals surface area (Å²) in [7, 11) is 8.94. The molecule has 6 heteroatoms. The monoisotopic (exact) mass is 447 g/mol. The molecular weight excluding hydrogens is 418 g/mol. The summed E-state index contributed by atoms with van der Waals surface area (Å²) in [5, 5.41) is 0. The number of carbonyl (C=O) groups excluding carboxylic acids is 1. The van der Waals surface area contributed by atoms with Crippen LogP contribution >= 0.6 is 0 Å². The van der Waals surface area contributed by atoms with Gasteiger partial charge in [0.05, 0.1) is 34.4 Å². The number of hydrogen-bond acceptors (Lipinski definition) is 6. The van der Waals surface area contributed by atoms with E-state index in [0.29, 0.717) is 5.75 Å². The fourth-order valence-corrected chi connectivity index (χ4v) is 7.69. The van der Waals surface area contributed by atoms with Gasteiger partial charge in [-0.2, -0.15) is 0 Å². The fourth-order valence-electron chi connectivity index (χ4n) is 7.69. The zero-order chi connectivity index (χ0) is 23.1. The number of fused-ring (bicyclic) bond motifs is 3. The number of hydrogen-bond donors (Lipinski definition) is 0. The van der Waals surface area contributed by atoms with Crippen molar-refractivity contribution in [2.75, 3.05) is 42.0 Å². The van der Waals surface area contributed by atoms with Crippen molar-refractivity contribution >= 4 is 5.78 Å². The van der Waals surface area contributed by atoms with Crippen LogP contribution in [0, 0.1) is 0 Å². The van der Waals surface area contributed by atoms with Crippen LogP contribution in [0.25, 0.3) is 0 Å². The van der Waals surface area contributed by atoms with E-state index in [9.17, 15) is 4.79 Å². The number of methoxy groups -OCH3 is 4. The summed E-state index contributed by atoms with van der Waals surface area (Å²) in [5.41, 5.74) is 3.43. The molecule has 6 nitrogen and oxygen atoms in total. The summed E-state index contributed by atoms with van der Waals surface area (Å²) < 4.78 is 23.6. The Morgan fingerprint density at radius 1 is 0.909 bits per heavy atom. The molecule has 0 aromatic heterocycles. The highest BCUT2D eigenvalue weighted by molar-refractivity contribution is 6.03. The lowest BCUT2D eigenvalue weighted by Crippen LogP contribution is -2.68. The predicted octanol–water partition coefficient (Wildman–Crippen LogP) is 3.39. The van der Waals surface area contributed by atoms with Crippen molar-refractivity contribution in [3.63, 3.8) is 0 Å². The first kappa shape index (κ1) is 20.6. The standard InChI is InChI=1S/C27H29NO5/c1-28-13-12-27-22-15(6-7-19(32-4)25(22)33-5)14-20(28)26(27)11-10-16(29)23(27)21-17(30-2)8-9-18(31-3)24(21)26/h6-11,20,23H,12-14H2,1-5H3/t20-,23-,26-,27-/m1/s1. The lowest BCUT2D eigenvalue weighted by Gasteiger charge is -2.62. The first-order valence-corrected chi connectivity index (χ1v) is 11.4. The van der Waals surface area contributed by atoms with Crippen LogP contribution in [-0.4, -0.2) is 58.8 Å². The molecule has 0 unspecified atom stereocenters. The van der Waals surface area contributed by atoms with Crippen LogP contribution in [0.1, 0.15) is 34.6 Å². The number of piperidine rings is 1. The Morgan fingerprint density at radius 3 is 2.30 bits per heavy atom. The predicted molar refractivity (Wildman–Crippen MR) is 124 cm³/mol. The van der Waals surface area contributed by atoms with Crippen LogP contribution < -0.4 is 18.9 Å². The van der Waals surface area contributed by atoms with Gasteiger partial charge in [0.25, 0.3) is 0 Å². The minimum absolute atomic E-state index is 0.108. The van der Waals surface area contributed by atoms with Gasteiger partial charge in [-0.25, -0.2) is 0 Å². The lowest BCUT2D eigenvalue weighted by molar-refractivity contribution is -0.120. The molecule has 4 atom stereocenters. The maximum Gasteiger partial charge on any atom is 0.164 e. The number of ether oxygens (including phenoxy) is 4. The quantitative estimate of drug-likeness (QED) is 0.716. The Labute approximate surface area is 194 Å². The third-order valence-electron chi connectivity index (χ3n) is 8.74. The second-order valence-electron chi connectivity index (χ2n) is 9.55. The summed E-state index contributed by atoms with van der Waals surface area (Å²) in [6.45, 7) is 0.891. The van der Waals surface area contributed by atoms with Gasteiger partial charge >= 0.3 is 0 Å². The molecule has 4 aliphatic rings. The van der Waals surface area contributed by atoms with Crippen molar-refractivity contribution < 1.29 is 23.7 Å². The van der Waals surface area contributed by atoms with Crippen LogP contribution in [0.4, 0.5) is 0 Å². The number of nitrogens with zero attached hydrogens (tertiary/aromatic N) is 1. The van der Waals surface area contributed by atoms with E-state index in [1.165, 1.54) is 5.56 Å². The van der Waals surface area contributed by atoms with E-state index in [0.717, 1.165) is 53.3 Å². The third kappa shape index (κ3) is 2.12. The highest BCUT2D eigenvalue weighted by Gasteiger charge is 2.74. The molecular formula is C27H29NO5. The van der Waals surface area contributed by atoms with Gasteiger partial charge in [-0.1, -0.05) is 12.1 Å². The average Bonchev–Trinajstić information content (AvgIpc) is 3.05.